The number of hydrogen-bond donors (Lipinski definition) is 2. The predicted molar refractivity (Wildman–Crippen MR) is 88.6 cm³/mol. The number of carbonyl (C=O) groups excluding carboxylic acids is 1. The Morgan fingerprint density at radius 3 is 2.87 bits per heavy atom. The smallest absolute Gasteiger partial charge is 0.265 e. The van der Waals surface area contributed by atoms with Crippen LogP contribution in [0.15, 0.2) is 60.9 Å². The van der Waals surface area contributed by atoms with Gasteiger partial charge in [0.1, 0.15) is 11.5 Å². The third-order valence-electron chi connectivity index (χ3n) is 3.44. The van der Waals surface area contributed by atoms with Crippen molar-refractivity contribution < 1.29 is 14.6 Å². The second-order valence-electron chi connectivity index (χ2n) is 5.15. The summed E-state index contributed by atoms with van der Waals surface area (Å²) >= 11 is 0. The van der Waals surface area contributed by atoms with Crippen LogP contribution in [-0.4, -0.2) is 22.1 Å². The van der Waals surface area contributed by atoms with Gasteiger partial charge >= 0.3 is 0 Å². The number of carbonyl (C=O) groups is 1. The molecule has 3 rings (SSSR count). The van der Waals surface area contributed by atoms with Crippen LogP contribution in [0.5, 0.6) is 11.5 Å². The van der Waals surface area contributed by atoms with Crippen molar-refractivity contribution in [3.63, 3.8) is 0 Å². The Bertz CT molecular complexity index is 834. The molecular weight excluding hydrogens is 292 g/mol. The number of benzene rings is 2. The number of nitrogens with zero attached hydrogens (tertiary/aromatic N) is 1. The highest BCUT2D eigenvalue weighted by Crippen LogP contribution is 2.27. The van der Waals surface area contributed by atoms with Crippen LogP contribution in [-0.2, 0) is 4.79 Å². The van der Waals surface area contributed by atoms with Crippen molar-refractivity contribution >= 4 is 22.4 Å². The Labute approximate surface area is 133 Å². The number of aromatic nitrogens is 1. The molecular formula is C18H16N2O3. The van der Waals surface area contributed by atoms with Gasteiger partial charge in [0.2, 0.25) is 0 Å². The molecule has 0 aliphatic carbocycles. The highest BCUT2D eigenvalue weighted by molar-refractivity contribution is 6.03. The number of phenolic OH excluding ortho intramolecular Hbond substituents is 1. The van der Waals surface area contributed by atoms with Crippen LogP contribution < -0.4 is 10.1 Å². The normalized spacial score (nSPS) is 11.9. The monoisotopic (exact) mass is 308 g/mol. The van der Waals surface area contributed by atoms with E-state index in [1.807, 2.05) is 12.1 Å². The molecule has 1 heterocycles. The van der Waals surface area contributed by atoms with Crippen LogP contribution in [0, 0.1) is 0 Å². The number of phenols is 1. The Morgan fingerprint density at radius 1 is 1.22 bits per heavy atom. The summed E-state index contributed by atoms with van der Waals surface area (Å²) < 4.78 is 5.56. The molecule has 1 unspecified atom stereocenters. The number of nitrogens with one attached hydrogen (secondary N) is 1. The van der Waals surface area contributed by atoms with Crippen molar-refractivity contribution in [1.29, 1.82) is 0 Å². The Balaban J connectivity index is 1.79. The number of hydrogen-bond acceptors (Lipinski definition) is 4. The van der Waals surface area contributed by atoms with E-state index in [0.717, 1.165) is 10.8 Å². The zero-order valence-electron chi connectivity index (χ0n) is 12.6. The van der Waals surface area contributed by atoms with Gasteiger partial charge < -0.3 is 15.2 Å². The van der Waals surface area contributed by atoms with Gasteiger partial charge in [0.15, 0.2) is 6.10 Å². The standard InChI is InChI=1S/C18H16N2O3/c1-12(23-15-5-3-9-19-11-15)18(22)20-17-6-2-4-13-7-8-14(21)10-16(13)17/h2-12,21H,1H3,(H,20,22). The van der Waals surface area contributed by atoms with Gasteiger partial charge in [0, 0.05) is 17.3 Å². The summed E-state index contributed by atoms with van der Waals surface area (Å²) in [6, 6.07) is 14.1. The summed E-state index contributed by atoms with van der Waals surface area (Å²) in [6.45, 7) is 1.67. The van der Waals surface area contributed by atoms with Crippen molar-refractivity contribution in [2.24, 2.45) is 0 Å². The summed E-state index contributed by atoms with van der Waals surface area (Å²) in [5.41, 5.74) is 0.630. The topological polar surface area (TPSA) is 71.5 Å². The number of ether oxygens (including phenoxy) is 1. The summed E-state index contributed by atoms with van der Waals surface area (Å²) in [6.07, 6.45) is 2.52. The second-order valence-corrected chi connectivity index (χ2v) is 5.15. The summed E-state index contributed by atoms with van der Waals surface area (Å²) in [5.74, 6) is 0.411. The quantitative estimate of drug-likeness (QED) is 0.775. The Morgan fingerprint density at radius 2 is 2.09 bits per heavy atom. The van der Waals surface area contributed by atoms with Gasteiger partial charge in [-0.15, -0.1) is 0 Å². The van der Waals surface area contributed by atoms with Gasteiger partial charge in [-0.3, -0.25) is 9.78 Å². The molecule has 0 saturated heterocycles. The molecule has 0 aliphatic heterocycles. The molecule has 2 aromatic carbocycles. The second kappa shape index (κ2) is 6.36. The molecule has 0 saturated carbocycles. The number of anilines is 1. The fourth-order valence-corrected chi connectivity index (χ4v) is 2.28. The first-order valence-electron chi connectivity index (χ1n) is 7.23. The lowest BCUT2D eigenvalue weighted by Gasteiger charge is -2.15. The third kappa shape index (κ3) is 3.40. The molecule has 3 aromatic rings. The van der Waals surface area contributed by atoms with Gasteiger partial charge in [0.05, 0.1) is 6.20 Å². The molecule has 116 valence electrons. The van der Waals surface area contributed by atoms with E-state index >= 15 is 0 Å². The van der Waals surface area contributed by atoms with E-state index in [1.54, 1.807) is 55.7 Å². The Kier molecular flexibility index (Phi) is 4.10. The number of pyridine rings is 1. The number of rotatable bonds is 4. The van der Waals surface area contributed by atoms with E-state index in [-0.39, 0.29) is 11.7 Å². The fraction of sp³-hybridized carbons (Fsp3) is 0.111. The van der Waals surface area contributed by atoms with Gasteiger partial charge in [-0.25, -0.2) is 0 Å². The van der Waals surface area contributed by atoms with Crippen LogP contribution in [0.1, 0.15) is 6.92 Å². The van der Waals surface area contributed by atoms with E-state index in [4.69, 9.17) is 4.74 Å². The van der Waals surface area contributed by atoms with E-state index in [2.05, 4.69) is 10.3 Å². The molecule has 2 N–H and O–H groups in total. The molecule has 0 bridgehead atoms. The maximum absolute atomic E-state index is 12.3. The van der Waals surface area contributed by atoms with Gasteiger partial charge in [-0.05, 0) is 42.6 Å². The summed E-state index contributed by atoms with van der Waals surface area (Å²) in [5, 5.41) is 14.2. The maximum atomic E-state index is 12.3. The van der Waals surface area contributed by atoms with E-state index in [1.165, 1.54) is 0 Å². The molecule has 23 heavy (non-hydrogen) atoms. The highest BCUT2D eigenvalue weighted by Gasteiger charge is 2.16. The number of fused-ring (bicyclic) bond motifs is 1. The largest absolute Gasteiger partial charge is 0.508 e. The highest BCUT2D eigenvalue weighted by atomic mass is 16.5. The maximum Gasteiger partial charge on any atom is 0.265 e. The van der Waals surface area contributed by atoms with Crippen LogP contribution in [0.4, 0.5) is 5.69 Å². The van der Waals surface area contributed by atoms with Crippen molar-refractivity contribution in [2.75, 3.05) is 5.32 Å². The summed E-state index contributed by atoms with van der Waals surface area (Å²) in [7, 11) is 0. The minimum absolute atomic E-state index is 0.152. The lowest BCUT2D eigenvalue weighted by Crippen LogP contribution is -2.30. The zero-order chi connectivity index (χ0) is 16.2. The average Bonchev–Trinajstić information content (AvgIpc) is 2.56. The van der Waals surface area contributed by atoms with Crippen LogP contribution >= 0.6 is 0 Å². The molecule has 0 aliphatic rings. The molecule has 0 spiro atoms. The lowest BCUT2D eigenvalue weighted by atomic mass is 10.1. The molecule has 0 fully saturated rings. The Hall–Kier alpha value is -3.08. The average molecular weight is 308 g/mol. The SMILES string of the molecule is CC(Oc1cccnc1)C(=O)Nc1cccc2ccc(O)cc12. The minimum Gasteiger partial charge on any atom is -0.508 e. The molecule has 1 amide bonds. The van der Waals surface area contributed by atoms with Crippen molar-refractivity contribution in [3.8, 4) is 11.5 Å². The molecule has 0 radical (unpaired) electrons. The van der Waals surface area contributed by atoms with Crippen molar-refractivity contribution in [3.05, 3.63) is 60.9 Å². The van der Waals surface area contributed by atoms with Crippen molar-refractivity contribution in [1.82, 2.24) is 4.98 Å². The first-order chi connectivity index (χ1) is 11.1. The number of amides is 1. The van der Waals surface area contributed by atoms with Gasteiger partial charge in [0.25, 0.3) is 5.91 Å². The van der Waals surface area contributed by atoms with E-state index in [0.29, 0.717) is 11.4 Å². The zero-order valence-corrected chi connectivity index (χ0v) is 12.6. The first kappa shape index (κ1) is 14.8. The molecule has 5 nitrogen and oxygen atoms in total. The van der Waals surface area contributed by atoms with Crippen LogP contribution in [0.3, 0.4) is 0 Å². The van der Waals surface area contributed by atoms with Crippen molar-refractivity contribution in [2.45, 2.75) is 13.0 Å². The van der Waals surface area contributed by atoms with E-state index < -0.39 is 6.10 Å². The number of aromatic hydroxyl groups is 1. The molecule has 5 heteroatoms. The van der Waals surface area contributed by atoms with E-state index in [9.17, 15) is 9.90 Å². The first-order valence-corrected chi connectivity index (χ1v) is 7.23. The van der Waals surface area contributed by atoms with Gasteiger partial charge in [-0.1, -0.05) is 18.2 Å². The summed E-state index contributed by atoms with van der Waals surface area (Å²) in [4.78, 5) is 16.3. The van der Waals surface area contributed by atoms with Gasteiger partial charge in [-0.2, -0.15) is 0 Å². The molecule has 1 aromatic heterocycles. The minimum atomic E-state index is -0.674. The fourth-order valence-electron chi connectivity index (χ4n) is 2.28. The third-order valence-corrected chi connectivity index (χ3v) is 3.44. The predicted octanol–water partition coefficient (Wildman–Crippen LogP) is 3.35. The van der Waals surface area contributed by atoms with Crippen LogP contribution in [0.25, 0.3) is 10.8 Å². The molecule has 1 atom stereocenters. The lowest BCUT2D eigenvalue weighted by molar-refractivity contribution is -0.122. The van der Waals surface area contributed by atoms with Crippen LogP contribution in [0.2, 0.25) is 0 Å².